The van der Waals surface area contributed by atoms with Crippen LogP contribution in [0.2, 0.25) is 0 Å². The lowest BCUT2D eigenvalue weighted by molar-refractivity contribution is -0.384. The summed E-state index contributed by atoms with van der Waals surface area (Å²) in [6.45, 7) is 13.4. The average molecular weight is 340 g/mol. The molecule has 5 nitrogen and oxygen atoms in total. The smallest absolute Gasteiger partial charge is 0.269 e. The lowest BCUT2D eigenvalue weighted by Crippen LogP contribution is -1.98. The molecular weight excluding hydrogens is 316 g/mol. The maximum Gasteiger partial charge on any atom is 0.269 e. The van der Waals surface area contributed by atoms with Gasteiger partial charge in [0.1, 0.15) is 17.6 Å². The largest absolute Gasteiger partial charge is 0.462 e. The number of nitrogens with zero attached hydrogens (tertiary/aromatic N) is 2. The minimum atomic E-state index is -0.475. The van der Waals surface area contributed by atoms with Crippen molar-refractivity contribution >= 4 is 11.3 Å². The number of benzene rings is 1. The van der Waals surface area contributed by atoms with Crippen LogP contribution in [0.3, 0.4) is 0 Å². The molecular formula is C20H24N2O3. The summed E-state index contributed by atoms with van der Waals surface area (Å²) < 4.78 is 5.42. The first kappa shape index (κ1) is 21.9. The van der Waals surface area contributed by atoms with Gasteiger partial charge in [0.05, 0.1) is 10.5 Å². The van der Waals surface area contributed by atoms with Gasteiger partial charge in [-0.05, 0) is 48.4 Å². The zero-order valence-electron chi connectivity index (χ0n) is 15.4. The zero-order chi connectivity index (χ0) is 19.4. The second-order valence-electron chi connectivity index (χ2n) is 4.35. The Morgan fingerprint density at radius 3 is 2.20 bits per heavy atom. The molecule has 0 N–H and O–H groups in total. The van der Waals surface area contributed by atoms with Crippen LogP contribution in [0.1, 0.15) is 40.2 Å². The number of nitro groups is 1. The highest BCUT2D eigenvalue weighted by Gasteiger charge is 2.13. The van der Waals surface area contributed by atoms with Crippen LogP contribution in [0.15, 0.2) is 66.2 Å². The second-order valence-corrected chi connectivity index (χ2v) is 4.35. The van der Waals surface area contributed by atoms with Crippen LogP contribution in [-0.4, -0.2) is 4.92 Å². The van der Waals surface area contributed by atoms with Crippen molar-refractivity contribution in [2.24, 2.45) is 0 Å². The molecule has 0 unspecified atom stereocenters. The molecule has 0 amide bonds. The third-order valence-electron chi connectivity index (χ3n) is 2.90. The Labute approximate surface area is 149 Å². The molecule has 1 aromatic carbocycles. The Kier molecular flexibility index (Phi) is 9.98. The predicted molar refractivity (Wildman–Crippen MR) is 101 cm³/mol. The van der Waals surface area contributed by atoms with E-state index >= 15 is 0 Å². The van der Waals surface area contributed by atoms with Crippen molar-refractivity contribution in [2.45, 2.75) is 34.6 Å². The van der Waals surface area contributed by atoms with Gasteiger partial charge in [-0.3, -0.25) is 10.1 Å². The molecule has 1 aliphatic heterocycles. The third-order valence-corrected chi connectivity index (χ3v) is 2.90. The molecule has 0 spiro atoms. The van der Waals surface area contributed by atoms with Gasteiger partial charge in [0.25, 0.3) is 5.69 Å². The number of allylic oxidation sites excluding steroid dienone is 6. The highest BCUT2D eigenvalue weighted by Crippen LogP contribution is 2.27. The molecule has 0 aromatic heterocycles. The van der Waals surface area contributed by atoms with Crippen molar-refractivity contribution < 1.29 is 9.66 Å². The van der Waals surface area contributed by atoms with Gasteiger partial charge in [-0.1, -0.05) is 34.3 Å². The number of non-ortho nitro benzene ring substituents is 1. The van der Waals surface area contributed by atoms with Gasteiger partial charge in [-0.25, -0.2) is 0 Å². The number of hydrogen-bond acceptors (Lipinski definition) is 4. The molecule has 1 aliphatic rings. The molecule has 0 aliphatic carbocycles. The molecule has 0 bridgehead atoms. The minimum Gasteiger partial charge on any atom is -0.462 e. The van der Waals surface area contributed by atoms with Gasteiger partial charge in [-0.2, -0.15) is 5.26 Å². The molecule has 0 atom stereocenters. The number of hydrogen-bond donors (Lipinski definition) is 0. The summed E-state index contributed by atoms with van der Waals surface area (Å²) in [6.07, 6.45) is 5.01. The van der Waals surface area contributed by atoms with Crippen LogP contribution in [0.4, 0.5) is 5.69 Å². The normalized spacial score (nSPS) is 13.9. The van der Waals surface area contributed by atoms with E-state index in [-0.39, 0.29) is 5.69 Å². The summed E-state index contributed by atoms with van der Waals surface area (Å²) in [5.41, 5.74) is 1.71. The fourth-order valence-electron chi connectivity index (χ4n) is 1.95. The first-order valence-corrected chi connectivity index (χ1v) is 8.14. The lowest BCUT2D eigenvalue weighted by Gasteiger charge is -2.14. The highest BCUT2D eigenvalue weighted by molar-refractivity contribution is 5.83. The highest BCUT2D eigenvalue weighted by atomic mass is 16.6. The van der Waals surface area contributed by atoms with Crippen molar-refractivity contribution in [3.63, 3.8) is 0 Å². The van der Waals surface area contributed by atoms with E-state index in [2.05, 4.69) is 12.6 Å². The molecule has 0 saturated carbocycles. The van der Waals surface area contributed by atoms with Gasteiger partial charge < -0.3 is 4.74 Å². The van der Waals surface area contributed by atoms with Crippen LogP contribution >= 0.6 is 0 Å². The molecule has 1 aromatic rings. The summed E-state index contributed by atoms with van der Waals surface area (Å²) >= 11 is 0. The summed E-state index contributed by atoms with van der Waals surface area (Å²) in [5, 5.41) is 20.0. The number of rotatable bonds is 3. The van der Waals surface area contributed by atoms with Gasteiger partial charge >= 0.3 is 0 Å². The average Bonchev–Trinajstić information content (AvgIpc) is 2.65. The Bertz CT molecular complexity index is 733. The Hall–Kier alpha value is -3.13. The standard InChI is InChI=1S/C16H12N2O3.2C2H6/c1-3-15-9-13(8-11(2)21-15)16(10-17)12-4-6-14(7-5-12)18(19)20;2*1-2/h3-9H,1H2,2H3;2*1-2H3/b16-13-;;. The Balaban J connectivity index is 0.00000134. The number of nitro benzene ring substituents is 1. The van der Waals surface area contributed by atoms with E-state index in [0.29, 0.717) is 28.2 Å². The fraction of sp³-hybridized carbons (Fsp3) is 0.250. The van der Waals surface area contributed by atoms with Crippen LogP contribution in [0.5, 0.6) is 0 Å². The fourth-order valence-corrected chi connectivity index (χ4v) is 1.95. The minimum absolute atomic E-state index is 0.0120. The quantitative estimate of drug-likeness (QED) is 0.388. The van der Waals surface area contributed by atoms with E-state index < -0.39 is 4.92 Å². The zero-order valence-corrected chi connectivity index (χ0v) is 15.4. The first-order valence-electron chi connectivity index (χ1n) is 8.14. The number of ether oxygens (including phenoxy) is 1. The van der Waals surface area contributed by atoms with Crippen LogP contribution < -0.4 is 0 Å². The monoisotopic (exact) mass is 340 g/mol. The molecule has 0 fully saturated rings. The third kappa shape index (κ3) is 6.11. The second kappa shape index (κ2) is 11.4. The van der Waals surface area contributed by atoms with Gasteiger partial charge in [0.15, 0.2) is 0 Å². The maximum absolute atomic E-state index is 10.7. The Morgan fingerprint density at radius 2 is 1.76 bits per heavy atom. The van der Waals surface area contributed by atoms with Crippen molar-refractivity contribution in [3.05, 3.63) is 81.8 Å². The SMILES string of the molecule is C=CC1=C/C(=C(/C#N)c2ccc([N+](=O)[O-])cc2)C=C(C)O1.CC.CC. The summed E-state index contributed by atoms with van der Waals surface area (Å²) in [5.74, 6) is 1.21. The van der Waals surface area contributed by atoms with E-state index in [4.69, 9.17) is 4.74 Å². The molecule has 5 heteroatoms. The van der Waals surface area contributed by atoms with Crippen LogP contribution in [0.25, 0.3) is 5.57 Å². The Morgan fingerprint density at radius 1 is 1.20 bits per heavy atom. The van der Waals surface area contributed by atoms with Crippen molar-refractivity contribution in [2.75, 3.05) is 0 Å². The topological polar surface area (TPSA) is 76.2 Å². The molecule has 2 rings (SSSR count). The summed E-state index contributed by atoms with van der Waals surface area (Å²) in [6, 6.07) is 8.00. The number of nitriles is 1. The van der Waals surface area contributed by atoms with Gasteiger partial charge in [-0.15, -0.1) is 0 Å². The maximum atomic E-state index is 10.7. The molecule has 0 saturated heterocycles. The van der Waals surface area contributed by atoms with E-state index in [1.165, 1.54) is 12.1 Å². The van der Waals surface area contributed by atoms with Gasteiger partial charge in [0, 0.05) is 12.1 Å². The molecule has 25 heavy (non-hydrogen) atoms. The summed E-state index contributed by atoms with van der Waals surface area (Å²) in [7, 11) is 0. The van der Waals surface area contributed by atoms with Crippen molar-refractivity contribution in [1.29, 1.82) is 5.26 Å². The van der Waals surface area contributed by atoms with Crippen LogP contribution in [0, 0.1) is 21.4 Å². The van der Waals surface area contributed by atoms with Crippen molar-refractivity contribution in [1.82, 2.24) is 0 Å². The van der Waals surface area contributed by atoms with E-state index in [1.54, 1.807) is 37.3 Å². The lowest BCUT2D eigenvalue weighted by atomic mass is 9.98. The molecule has 1 heterocycles. The molecule has 0 radical (unpaired) electrons. The van der Waals surface area contributed by atoms with E-state index in [0.717, 1.165) is 0 Å². The van der Waals surface area contributed by atoms with Gasteiger partial charge in [0.2, 0.25) is 0 Å². The van der Waals surface area contributed by atoms with E-state index in [1.807, 2.05) is 27.7 Å². The first-order chi connectivity index (χ1) is 12.0. The molecule has 132 valence electrons. The van der Waals surface area contributed by atoms with Crippen molar-refractivity contribution in [3.8, 4) is 6.07 Å². The summed E-state index contributed by atoms with van der Waals surface area (Å²) in [4.78, 5) is 10.2. The predicted octanol–water partition coefficient (Wildman–Crippen LogP) is 5.93. The van der Waals surface area contributed by atoms with E-state index in [9.17, 15) is 15.4 Å². The van der Waals surface area contributed by atoms with Crippen LogP contribution in [-0.2, 0) is 4.74 Å².